The third-order valence-electron chi connectivity index (χ3n) is 1.87. The van der Waals surface area contributed by atoms with Crippen LogP contribution in [-0.4, -0.2) is 28.7 Å². The second kappa shape index (κ2) is 8.76. The zero-order valence-corrected chi connectivity index (χ0v) is 11.7. The van der Waals surface area contributed by atoms with Gasteiger partial charge in [-0.2, -0.15) is 11.8 Å². The van der Waals surface area contributed by atoms with Gasteiger partial charge in [0.05, 0.1) is 4.92 Å². The molecule has 0 aromatic carbocycles. The molecule has 18 heavy (non-hydrogen) atoms. The third-order valence-corrected chi connectivity index (χ3v) is 3.81. The van der Waals surface area contributed by atoms with Crippen molar-refractivity contribution in [3.8, 4) is 0 Å². The summed E-state index contributed by atoms with van der Waals surface area (Å²) >= 11 is 3.39. The minimum absolute atomic E-state index is 0.456. The number of hydrogen-bond donors (Lipinski definition) is 2. The molecule has 0 aliphatic rings. The lowest BCUT2D eigenvalue weighted by Crippen LogP contribution is -2.28. The van der Waals surface area contributed by atoms with Gasteiger partial charge in [0.1, 0.15) is 5.01 Å². The molecule has 0 spiro atoms. The van der Waals surface area contributed by atoms with Crippen LogP contribution in [0.5, 0.6) is 0 Å². The standard InChI is InChI=1S/C10H16N4O2S2/c1-2-11-9(7-14(15)16)12-3-5-17-8-10-13-4-6-18-10/h4,6-7,11-12H,2-3,5,8H2,1H3. The van der Waals surface area contributed by atoms with E-state index >= 15 is 0 Å². The lowest BCUT2D eigenvalue weighted by Gasteiger charge is -2.08. The van der Waals surface area contributed by atoms with Gasteiger partial charge >= 0.3 is 0 Å². The lowest BCUT2D eigenvalue weighted by atomic mass is 10.6. The molecule has 1 rings (SSSR count). The summed E-state index contributed by atoms with van der Waals surface area (Å²) in [7, 11) is 0. The summed E-state index contributed by atoms with van der Waals surface area (Å²) in [5.41, 5.74) is 0. The van der Waals surface area contributed by atoms with E-state index in [1.807, 2.05) is 12.3 Å². The lowest BCUT2D eigenvalue weighted by molar-refractivity contribution is -0.404. The Morgan fingerprint density at radius 2 is 2.50 bits per heavy atom. The van der Waals surface area contributed by atoms with Crippen molar-refractivity contribution in [2.24, 2.45) is 0 Å². The highest BCUT2D eigenvalue weighted by Crippen LogP contribution is 2.13. The van der Waals surface area contributed by atoms with Crippen LogP contribution in [0.25, 0.3) is 0 Å². The van der Waals surface area contributed by atoms with E-state index in [2.05, 4.69) is 15.6 Å². The van der Waals surface area contributed by atoms with Gasteiger partial charge in [0.2, 0.25) is 0 Å². The number of nitrogens with zero attached hydrogens (tertiary/aromatic N) is 2. The van der Waals surface area contributed by atoms with Crippen molar-refractivity contribution in [1.29, 1.82) is 0 Å². The number of hydrogen-bond acceptors (Lipinski definition) is 7. The molecule has 8 heteroatoms. The zero-order valence-electron chi connectivity index (χ0n) is 10.1. The largest absolute Gasteiger partial charge is 0.367 e. The van der Waals surface area contributed by atoms with Gasteiger partial charge in [0, 0.05) is 36.2 Å². The highest BCUT2D eigenvalue weighted by atomic mass is 32.2. The van der Waals surface area contributed by atoms with Gasteiger partial charge in [-0.15, -0.1) is 11.3 Å². The molecule has 0 amide bonds. The van der Waals surface area contributed by atoms with Crippen molar-refractivity contribution in [2.45, 2.75) is 12.7 Å². The molecule has 0 unspecified atom stereocenters. The number of aromatic nitrogens is 1. The minimum Gasteiger partial charge on any atom is -0.367 e. The van der Waals surface area contributed by atoms with Crippen molar-refractivity contribution >= 4 is 23.1 Å². The number of nitrogens with one attached hydrogen (secondary N) is 2. The molecule has 0 bridgehead atoms. The minimum atomic E-state index is -0.465. The Hall–Kier alpha value is -1.28. The number of nitro groups is 1. The van der Waals surface area contributed by atoms with Crippen molar-refractivity contribution in [3.63, 3.8) is 0 Å². The second-order valence-electron chi connectivity index (χ2n) is 3.26. The Kier molecular flexibility index (Phi) is 7.19. The average molecular weight is 288 g/mol. The Morgan fingerprint density at radius 3 is 3.11 bits per heavy atom. The van der Waals surface area contributed by atoms with Gasteiger partial charge in [-0.1, -0.05) is 0 Å². The van der Waals surface area contributed by atoms with E-state index in [9.17, 15) is 10.1 Å². The molecule has 0 radical (unpaired) electrons. The fourth-order valence-corrected chi connectivity index (χ4v) is 2.75. The molecule has 100 valence electrons. The van der Waals surface area contributed by atoms with Crippen LogP contribution in [0, 0.1) is 10.1 Å². The SMILES string of the molecule is CCNC(=C[N+](=O)[O-])NCCSCc1nccs1. The molecule has 0 fully saturated rings. The van der Waals surface area contributed by atoms with Gasteiger partial charge in [-0.3, -0.25) is 10.1 Å². The van der Waals surface area contributed by atoms with E-state index in [1.165, 1.54) is 0 Å². The highest BCUT2D eigenvalue weighted by Gasteiger charge is 2.01. The normalized spacial score (nSPS) is 11.3. The van der Waals surface area contributed by atoms with Crippen LogP contribution in [0.1, 0.15) is 11.9 Å². The molecule has 0 atom stereocenters. The fourth-order valence-electron chi connectivity index (χ4n) is 1.19. The van der Waals surface area contributed by atoms with Crippen molar-refractivity contribution in [3.05, 3.63) is 38.7 Å². The summed E-state index contributed by atoms with van der Waals surface area (Å²) in [6, 6.07) is 0. The van der Waals surface area contributed by atoms with Gasteiger partial charge in [-0.25, -0.2) is 4.98 Å². The first-order chi connectivity index (χ1) is 8.72. The highest BCUT2D eigenvalue weighted by molar-refractivity contribution is 7.98. The van der Waals surface area contributed by atoms with Crippen LogP contribution in [-0.2, 0) is 5.75 Å². The van der Waals surface area contributed by atoms with Crippen LogP contribution in [0.15, 0.2) is 23.6 Å². The third kappa shape index (κ3) is 6.45. The zero-order chi connectivity index (χ0) is 13.2. The van der Waals surface area contributed by atoms with Gasteiger partial charge in [-0.05, 0) is 6.92 Å². The number of thiazole rings is 1. The molecule has 6 nitrogen and oxygen atoms in total. The topological polar surface area (TPSA) is 80.1 Å². The maximum absolute atomic E-state index is 10.4. The van der Waals surface area contributed by atoms with Crippen LogP contribution < -0.4 is 10.6 Å². The first kappa shape index (κ1) is 14.8. The number of thioether (sulfide) groups is 1. The molecular formula is C10H16N4O2S2. The Labute approximate surface area is 114 Å². The Bertz CT molecular complexity index is 381. The van der Waals surface area contributed by atoms with Crippen LogP contribution in [0.3, 0.4) is 0 Å². The first-order valence-electron chi connectivity index (χ1n) is 5.51. The molecule has 1 aromatic rings. The van der Waals surface area contributed by atoms with E-state index < -0.39 is 4.92 Å². The molecule has 1 aromatic heterocycles. The van der Waals surface area contributed by atoms with Crippen LogP contribution in [0.4, 0.5) is 0 Å². The monoisotopic (exact) mass is 288 g/mol. The smallest absolute Gasteiger partial charge is 0.274 e. The van der Waals surface area contributed by atoms with Crippen LogP contribution >= 0.6 is 23.1 Å². The number of rotatable bonds is 9. The van der Waals surface area contributed by atoms with Crippen molar-refractivity contribution < 1.29 is 4.92 Å². The summed E-state index contributed by atoms with van der Waals surface area (Å²) in [6.45, 7) is 3.23. The van der Waals surface area contributed by atoms with Crippen molar-refractivity contribution in [2.75, 3.05) is 18.8 Å². The molecule has 0 saturated carbocycles. The molecular weight excluding hydrogens is 272 g/mol. The molecule has 0 saturated heterocycles. The molecule has 2 N–H and O–H groups in total. The van der Waals surface area contributed by atoms with E-state index in [4.69, 9.17) is 0 Å². The summed E-state index contributed by atoms with van der Waals surface area (Å²) in [5.74, 6) is 2.21. The quantitative estimate of drug-likeness (QED) is 0.408. The molecule has 0 aliphatic heterocycles. The van der Waals surface area contributed by atoms with E-state index in [-0.39, 0.29) is 0 Å². The van der Waals surface area contributed by atoms with E-state index in [0.29, 0.717) is 18.9 Å². The van der Waals surface area contributed by atoms with Crippen LogP contribution in [0.2, 0.25) is 0 Å². The predicted molar refractivity (Wildman–Crippen MR) is 75.0 cm³/mol. The summed E-state index contributed by atoms with van der Waals surface area (Å²) in [5, 5.41) is 19.3. The summed E-state index contributed by atoms with van der Waals surface area (Å²) in [6.07, 6.45) is 2.75. The van der Waals surface area contributed by atoms with Gasteiger partial charge < -0.3 is 10.6 Å². The fraction of sp³-hybridized carbons (Fsp3) is 0.500. The first-order valence-corrected chi connectivity index (χ1v) is 7.55. The molecule has 1 heterocycles. The molecule has 0 aliphatic carbocycles. The van der Waals surface area contributed by atoms with E-state index in [1.54, 1.807) is 29.3 Å². The summed E-state index contributed by atoms with van der Waals surface area (Å²) in [4.78, 5) is 14.1. The Balaban J connectivity index is 2.16. The van der Waals surface area contributed by atoms with E-state index in [0.717, 1.165) is 22.7 Å². The van der Waals surface area contributed by atoms with Gasteiger partial charge in [0.15, 0.2) is 5.82 Å². The maximum Gasteiger partial charge on any atom is 0.274 e. The second-order valence-corrected chi connectivity index (χ2v) is 5.35. The van der Waals surface area contributed by atoms with Crippen molar-refractivity contribution in [1.82, 2.24) is 15.6 Å². The maximum atomic E-state index is 10.4. The van der Waals surface area contributed by atoms with Gasteiger partial charge in [0.25, 0.3) is 6.20 Å². The average Bonchev–Trinajstić information content (AvgIpc) is 2.81. The Morgan fingerprint density at radius 1 is 1.67 bits per heavy atom. The summed E-state index contributed by atoms with van der Waals surface area (Å²) < 4.78 is 0. The predicted octanol–water partition coefficient (Wildman–Crippen LogP) is 1.65.